The van der Waals surface area contributed by atoms with E-state index in [2.05, 4.69) is 51.5 Å². The van der Waals surface area contributed by atoms with Crippen LogP contribution in [-0.4, -0.2) is 41.6 Å². The van der Waals surface area contributed by atoms with Crippen LogP contribution < -0.4 is 15.4 Å². The third-order valence-corrected chi connectivity index (χ3v) is 7.00. The highest BCUT2D eigenvalue weighted by molar-refractivity contribution is 7.89. The van der Waals surface area contributed by atoms with Crippen LogP contribution in [0.2, 0.25) is 0 Å². The summed E-state index contributed by atoms with van der Waals surface area (Å²) in [6, 6.07) is 15.4. The summed E-state index contributed by atoms with van der Waals surface area (Å²) in [7, 11) is -0.274. The Morgan fingerprint density at radius 1 is 1.10 bits per heavy atom. The lowest BCUT2D eigenvalue weighted by Gasteiger charge is -2.32. The van der Waals surface area contributed by atoms with E-state index >= 15 is 0 Å². The van der Waals surface area contributed by atoms with Gasteiger partial charge in [0.15, 0.2) is 5.96 Å². The van der Waals surface area contributed by atoms with E-state index in [0.717, 1.165) is 31.6 Å². The quantitative estimate of drug-likeness (QED) is 0.451. The van der Waals surface area contributed by atoms with Crippen LogP contribution in [0.15, 0.2) is 58.4 Å². The Bertz CT molecular complexity index is 973. The Morgan fingerprint density at radius 2 is 1.81 bits per heavy atom. The van der Waals surface area contributed by atoms with Gasteiger partial charge in [-0.25, -0.2) is 13.1 Å². The van der Waals surface area contributed by atoms with E-state index in [1.165, 1.54) is 18.2 Å². The maximum absolute atomic E-state index is 11.8. The van der Waals surface area contributed by atoms with Crippen LogP contribution in [0, 0.1) is 12.8 Å². The lowest BCUT2D eigenvalue weighted by Crippen LogP contribution is -2.41. The number of benzene rings is 2. The Morgan fingerprint density at radius 3 is 2.45 bits per heavy atom. The molecule has 2 aromatic rings. The van der Waals surface area contributed by atoms with Gasteiger partial charge in [-0.2, -0.15) is 0 Å². The molecule has 8 heteroatoms. The molecule has 2 unspecified atom stereocenters. The molecule has 3 N–H and O–H groups in total. The van der Waals surface area contributed by atoms with Gasteiger partial charge < -0.3 is 15.4 Å². The summed E-state index contributed by atoms with van der Waals surface area (Å²) in [5, 5.41) is 6.71. The zero-order valence-corrected chi connectivity index (χ0v) is 19.2. The van der Waals surface area contributed by atoms with Crippen LogP contribution in [0.3, 0.4) is 0 Å². The predicted octanol–water partition coefficient (Wildman–Crippen LogP) is 2.74. The van der Waals surface area contributed by atoms with Crippen LogP contribution in [-0.2, 0) is 21.3 Å². The number of nitrogens with zero attached hydrogens (tertiary/aromatic N) is 1. The number of aryl methyl sites for hydroxylation is 1. The molecule has 0 radical (unpaired) electrons. The molecule has 1 fully saturated rings. The Labute approximate surface area is 185 Å². The number of rotatable bonds is 7. The van der Waals surface area contributed by atoms with Crippen molar-refractivity contribution >= 4 is 16.0 Å². The molecule has 0 aliphatic carbocycles. The largest absolute Gasteiger partial charge is 0.373 e. The molecule has 1 aliphatic rings. The minimum atomic E-state index is -3.42. The summed E-state index contributed by atoms with van der Waals surface area (Å²) in [5.41, 5.74) is 3.43. The van der Waals surface area contributed by atoms with Crippen molar-refractivity contribution in [2.75, 3.05) is 27.2 Å². The molecule has 7 nitrogen and oxygen atoms in total. The van der Waals surface area contributed by atoms with Gasteiger partial charge >= 0.3 is 0 Å². The molecule has 0 spiro atoms. The van der Waals surface area contributed by atoms with E-state index in [9.17, 15) is 8.42 Å². The Balaban J connectivity index is 1.55. The summed E-state index contributed by atoms with van der Waals surface area (Å²) < 4.78 is 32.1. The normalized spacial score (nSPS) is 19.8. The van der Waals surface area contributed by atoms with E-state index in [1.54, 1.807) is 31.3 Å². The maximum atomic E-state index is 11.8. The van der Waals surface area contributed by atoms with E-state index < -0.39 is 10.0 Å². The minimum Gasteiger partial charge on any atom is -0.373 e. The lowest BCUT2D eigenvalue weighted by molar-refractivity contribution is -0.0265. The van der Waals surface area contributed by atoms with E-state index in [0.29, 0.717) is 18.4 Å². The second-order valence-corrected chi connectivity index (χ2v) is 9.65. The molecule has 0 amide bonds. The van der Waals surface area contributed by atoms with Crippen LogP contribution >= 0.6 is 0 Å². The maximum Gasteiger partial charge on any atom is 0.240 e. The Hall–Kier alpha value is -2.42. The standard InChI is InChI=1S/C23H32N4O3S/c1-17-6-10-19(11-7-17)22-20(5-4-14-30-22)16-27-23(24-2)26-15-18-8-12-21(13-9-18)31(28,29)25-3/h6-13,20,22,25H,4-5,14-16H2,1-3H3,(H2,24,26,27). The molecule has 2 aromatic carbocycles. The van der Waals surface area contributed by atoms with Crippen molar-refractivity contribution in [3.63, 3.8) is 0 Å². The average Bonchev–Trinajstić information content (AvgIpc) is 2.80. The van der Waals surface area contributed by atoms with Gasteiger partial charge in [0.05, 0.1) is 11.0 Å². The molecule has 1 heterocycles. The zero-order valence-electron chi connectivity index (χ0n) is 18.4. The fourth-order valence-electron chi connectivity index (χ4n) is 3.72. The average molecular weight is 445 g/mol. The van der Waals surface area contributed by atoms with Crippen molar-refractivity contribution in [3.8, 4) is 0 Å². The number of aliphatic imine (C=N–C) groups is 1. The molecule has 31 heavy (non-hydrogen) atoms. The van der Waals surface area contributed by atoms with Crippen molar-refractivity contribution in [1.29, 1.82) is 0 Å². The van der Waals surface area contributed by atoms with Crippen LogP contribution in [0.1, 0.15) is 35.6 Å². The van der Waals surface area contributed by atoms with Crippen molar-refractivity contribution in [1.82, 2.24) is 15.4 Å². The van der Waals surface area contributed by atoms with Gasteiger partial charge in [-0.15, -0.1) is 0 Å². The van der Waals surface area contributed by atoms with Gasteiger partial charge in [0, 0.05) is 32.7 Å². The Kier molecular flexibility index (Phi) is 8.06. The highest BCUT2D eigenvalue weighted by Crippen LogP contribution is 2.33. The smallest absolute Gasteiger partial charge is 0.240 e. The fourth-order valence-corrected chi connectivity index (χ4v) is 4.45. The minimum absolute atomic E-state index is 0.0848. The van der Waals surface area contributed by atoms with Gasteiger partial charge in [-0.05, 0) is 50.1 Å². The van der Waals surface area contributed by atoms with E-state index in [4.69, 9.17) is 4.74 Å². The molecule has 2 atom stereocenters. The number of hydrogen-bond donors (Lipinski definition) is 3. The molecule has 168 valence electrons. The number of guanidine groups is 1. The SMILES string of the molecule is CN=C(NCc1ccc(S(=O)(=O)NC)cc1)NCC1CCCOC1c1ccc(C)cc1. The van der Waals surface area contributed by atoms with Gasteiger partial charge in [0.1, 0.15) is 0 Å². The third kappa shape index (κ3) is 6.29. The predicted molar refractivity (Wildman–Crippen MR) is 123 cm³/mol. The van der Waals surface area contributed by atoms with Gasteiger partial charge in [0.2, 0.25) is 10.0 Å². The van der Waals surface area contributed by atoms with Gasteiger partial charge in [0.25, 0.3) is 0 Å². The topological polar surface area (TPSA) is 91.8 Å². The zero-order chi connectivity index (χ0) is 22.3. The highest BCUT2D eigenvalue weighted by Gasteiger charge is 2.27. The van der Waals surface area contributed by atoms with Crippen LogP contribution in [0.5, 0.6) is 0 Å². The van der Waals surface area contributed by atoms with Crippen molar-refractivity contribution in [2.45, 2.75) is 37.3 Å². The fraction of sp³-hybridized carbons (Fsp3) is 0.435. The summed E-state index contributed by atoms with van der Waals surface area (Å²) in [4.78, 5) is 4.57. The molecule has 0 aromatic heterocycles. The first kappa shape index (κ1) is 23.2. The highest BCUT2D eigenvalue weighted by atomic mass is 32.2. The van der Waals surface area contributed by atoms with E-state index in [1.807, 2.05) is 0 Å². The summed E-state index contributed by atoms with van der Waals surface area (Å²) in [6.07, 6.45) is 2.24. The molecule has 0 saturated carbocycles. The summed E-state index contributed by atoms with van der Waals surface area (Å²) in [5.74, 6) is 1.07. The number of ether oxygens (including phenoxy) is 1. The summed E-state index contributed by atoms with van der Waals surface area (Å²) >= 11 is 0. The van der Waals surface area contributed by atoms with Crippen LogP contribution in [0.25, 0.3) is 0 Å². The van der Waals surface area contributed by atoms with Crippen molar-refractivity contribution in [2.24, 2.45) is 10.9 Å². The third-order valence-electron chi connectivity index (χ3n) is 5.57. The first-order chi connectivity index (χ1) is 14.9. The monoisotopic (exact) mass is 444 g/mol. The van der Waals surface area contributed by atoms with Gasteiger partial charge in [-0.3, -0.25) is 4.99 Å². The second-order valence-electron chi connectivity index (χ2n) is 7.76. The molecular weight excluding hydrogens is 412 g/mol. The molecular formula is C23H32N4O3S. The number of sulfonamides is 1. The second kappa shape index (κ2) is 10.7. The lowest BCUT2D eigenvalue weighted by atomic mass is 9.89. The molecule has 1 saturated heterocycles. The molecule has 3 rings (SSSR count). The number of hydrogen-bond acceptors (Lipinski definition) is 4. The summed E-state index contributed by atoms with van der Waals surface area (Å²) in [6.45, 7) is 4.19. The van der Waals surface area contributed by atoms with Crippen LogP contribution in [0.4, 0.5) is 0 Å². The molecule has 1 aliphatic heterocycles. The molecule has 0 bridgehead atoms. The first-order valence-corrected chi connectivity index (χ1v) is 12.1. The van der Waals surface area contributed by atoms with Crippen molar-refractivity contribution in [3.05, 3.63) is 65.2 Å². The van der Waals surface area contributed by atoms with E-state index in [-0.39, 0.29) is 11.0 Å². The number of nitrogens with one attached hydrogen (secondary N) is 3. The van der Waals surface area contributed by atoms with Gasteiger partial charge in [-0.1, -0.05) is 42.0 Å². The van der Waals surface area contributed by atoms with Crippen molar-refractivity contribution < 1.29 is 13.2 Å². The first-order valence-electron chi connectivity index (χ1n) is 10.6.